The number of hydrogen-bond acceptors (Lipinski definition) is 2. The smallest absolute Gasteiger partial charge is 0.319 e. The highest BCUT2D eigenvalue weighted by Gasteiger charge is 2.17. The summed E-state index contributed by atoms with van der Waals surface area (Å²) in [5.74, 6) is -0.109. The first-order valence-corrected chi connectivity index (χ1v) is 7.35. The zero-order valence-corrected chi connectivity index (χ0v) is 13.0. The molecule has 0 N–H and O–H groups in total. The van der Waals surface area contributed by atoms with Gasteiger partial charge in [0.05, 0.1) is 6.54 Å². The molecule has 0 spiro atoms. The summed E-state index contributed by atoms with van der Waals surface area (Å²) < 4.78 is 28.3. The van der Waals surface area contributed by atoms with E-state index in [1.54, 1.807) is 19.2 Å². The fourth-order valence-corrected chi connectivity index (χ4v) is 2.43. The Hall–Kier alpha value is -2.96. The standard InChI is InChI=1S/C17H16F2N4O/c1-21(12-15-20-8-11-23(15)17(18)19)16(24)13-4-6-14(7-5-13)22-9-2-3-10-22/h2-11,17H,12H2,1H3. The van der Waals surface area contributed by atoms with Gasteiger partial charge in [-0.15, -0.1) is 0 Å². The molecule has 0 aliphatic heterocycles. The Morgan fingerprint density at radius 2 is 1.83 bits per heavy atom. The minimum Gasteiger partial charge on any atom is -0.334 e. The predicted octanol–water partition coefficient (Wildman–Crippen LogP) is 3.34. The van der Waals surface area contributed by atoms with E-state index in [1.807, 2.05) is 41.2 Å². The molecule has 0 fully saturated rings. The van der Waals surface area contributed by atoms with Crippen LogP contribution in [0.1, 0.15) is 22.7 Å². The van der Waals surface area contributed by atoms with Crippen molar-refractivity contribution >= 4 is 5.91 Å². The summed E-state index contributed by atoms with van der Waals surface area (Å²) in [7, 11) is 1.56. The largest absolute Gasteiger partial charge is 0.334 e. The third kappa shape index (κ3) is 3.19. The topological polar surface area (TPSA) is 43.1 Å². The number of amides is 1. The van der Waals surface area contributed by atoms with Crippen LogP contribution in [0, 0.1) is 0 Å². The second-order valence-corrected chi connectivity index (χ2v) is 5.33. The Kier molecular flexibility index (Phi) is 4.41. The average Bonchev–Trinajstić information content (AvgIpc) is 3.26. The van der Waals surface area contributed by atoms with Gasteiger partial charge in [-0.2, -0.15) is 8.78 Å². The number of halogens is 2. The summed E-state index contributed by atoms with van der Waals surface area (Å²) in [6, 6.07) is 10.9. The molecule has 0 saturated heterocycles. The van der Waals surface area contributed by atoms with Crippen molar-refractivity contribution in [2.45, 2.75) is 13.1 Å². The zero-order valence-electron chi connectivity index (χ0n) is 13.0. The molecule has 1 aromatic carbocycles. The molecule has 0 aliphatic rings. The lowest BCUT2D eigenvalue weighted by Gasteiger charge is -2.18. The number of carbonyl (C=O) groups excluding carboxylic acids is 1. The lowest BCUT2D eigenvalue weighted by molar-refractivity contribution is 0.0612. The second-order valence-electron chi connectivity index (χ2n) is 5.33. The predicted molar refractivity (Wildman–Crippen MR) is 85.0 cm³/mol. The van der Waals surface area contributed by atoms with Crippen molar-refractivity contribution in [1.82, 2.24) is 19.0 Å². The third-order valence-electron chi connectivity index (χ3n) is 3.70. The number of rotatable bonds is 5. The van der Waals surface area contributed by atoms with Gasteiger partial charge in [0.15, 0.2) is 0 Å². The van der Waals surface area contributed by atoms with Crippen LogP contribution in [-0.4, -0.2) is 32.0 Å². The van der Waals surface area contributed by atoms with Crippen LogP contribution in [0.3, 0.4) is 0 Å². The SMILES string of the molecule is CN(Cc1nccn1C(F)F)C(=O)c1ccc(-n2cccc2)cc1. The van der Waals surface area contributed by atoms with Gasteiger partial charge in [-0.05, 0) is 36.4 Å². The van der Waals surface area contributed by atoms with Crippen molar-refractivity contribution < 1.29 is 13.6 Å². The van der Waals surface area contributed by atoms with E-state index in [9.17, 15) is 13.6 Å². The summed E-state index contributed by atoms with van der Waals surface area (Å²) in [5.41, 5.74) is 1.43. The van der Waals surface area contributed by atoms with Crippen molar-refractivity contribution in [2.24, 2.45) is 0 Å². The van der Waals surface area contributed by atoms with E-state index in [2.05, 4.69) is 4.98 Å². The van der Waals surface area contributed by atoms with E-state index in [0.717, 1.165) is 10.3 Å². The van der Waals surface area contributed by atoms with Crippen LogP contribution >= 0.6 is 0 Å². The maximum Gasteiger partial charge on any atom is 0.319 e. The monoisotopic (exact) mass is 330 g/mol. The minimum absolute atomic E-state index is 0.00945. The molecule has 5 nitrogen and oxygen atoms in total. The molecule has 1 amide bonds. The first-order chi connectivity index (χ1) is 11.6. The Balaban J connectivity index is 1.72. The van der Waals surface area contributed by atoms with Gasteiger partial charge in [0.25, 0.3) is 5.91 Å². The molecule has 0 saturated carbocycles. The number of nitrogens with zero attached hydrogens (tertiary/aromatic N) is 4. The number of aromatic nitrogens is 3. The normalized spacial score (nSPS) is 11.0. The highest BCUT2D eigenvalue weighted by atomic mass is 19.3. The molecular formula is C17H16F2N4O. The summed E-state index contributed by atoms with van der Waals surface area (Å²) in [6.45, 7) is -2.66. The lowest BCUT2D eigenvalue weighted by atomic mass is 10.2. The van der Waals surface area contributed by atoms with E-state index in [0.29, 0.717) is 5.56 Å². The summed E-state index contributed by atoms with van der Waals surface area (Å²) in [6.07, 6.45) is 6.32. The van der Waals surface area contributed by atoms with Crippen LogP contribution in [0.4, 0.5) is 8.78 Å². The van der Waals surface area contributed by atoms with E-state index < -0.39 is 6.55 Å². The Morgan fingerprint density at radius 1 is 1.17 bits per heavy atom. The molecule has 0 aliphatic carbocycles. The van der Waals surface area contributed by atoms with Gasteiger partial charge >= 0.3 is 6.55 Å². The highest BCUT2D eigenvalue weighted by molar-refractivity contribution is 5.94. The van der Waals surface area contributed by atoms with Gasteiger partial charge in [0.2, 0.25) is 0 Å². The van der Waals surface area contributed by atoms with Crippen LogP contribution in [0.2, 0.25) is 0 Å². The van der Waals surface area contributed by atoms with E-state index in [4.69, 9.17) is 0 Å². The fraction of sp³-hybridized carbons (Fsp3) is 0.176. The van der Waals surface area contributed by atoms with E-state index in [-0.39, 0.29) is 18.3 Å². The molecular weight excluding hydrogens is 314 g/mol. The molecule has 3 aromatic rings. The Morgan fingerprint density at radius 3 is 2.46 bits per heavy atom. The average molecular weight is 330 g/mol. The molecule has 2 heterocycles. The number of alkyl halides is 2. The Labute approximate surface area is 137 Å². The summed E-state index contributed by atoms with van der Waals surface area (Å²) >= 11 is 0. The summed E-state index contributed by atoms with van der Waals surface area (Å²) in [5, 5.41) is 0. The van der Waals surface area contributed by atoms with Crippen LogP contribution in [-0.2, 0) is 6.54 Å². The van der Waals surface area contributed by atoms with Crippen molar-refractivity contribution in [1.29, 1.82) is 0 Å². The van der Waals surface area contributed by atoms with Crippen molar-refractivity contribution in [2.75, 3.05) is 7.05 Å². The van der Waals surface area contributed by atoms with Crippen LogP contribution < -0.4 is 0 Å². The fourth-order valence-electron chi connectivity index (χ4n) is 2.43. The highest BCUT2D eigenvalue weighted by Crippen LogP contribution is 2.15. The maximum absolute atomic E-state index is 12.8. The zero-order chi connectivity index (χ0) is 17.1. The maximum atomic E-state index is 12.8. The van der Waals surface area contributed by atoms with E-state index >= 15 is 0 Å². The Bertz CT molecular complexity index is 810. The summed E-state index contributed by atoms with van der Waals surface area (Å²) in [4.78, 5) is 17.7. The quantitative estimate of drug-likeness (QED) is 0.720. The first kappa shape index (κ1) is 15.9. The second kappa shape index (κ2) is 6.66. The molecule has 2 aromatic heterocycles. The molecule has 124 valence electrons. The minimum atomic E-state index is -2.67. The number of benzene rings is 1. The van der Waals surface area contributed by atoms with Crippen molar-refractivity contribution in [3.05, 3.63) is 72.6 Å². The van der Waals surface area contributed by atoms with Crippen LogP contribution in [0.25, 0.3) is 5.69 Å². The first-order valence-electron chi connectivity index (χ1n) is 7.35. The van der Waals surface area contributed by atoms with Gasteiger partial charge in [-0.3, -0.25) is 9.36 Å². The molecule has 0 atom stereocenters. The number of carbonyl (C=O) groups is 1. The number of hydrogen-bond donors (Lipinski definition) is 0. The van der Waals surface area contributed by atoms with Gasteiger partial charge in [0, 0.05) is 43.1 Å². The van der Waals surface area contributed by atoms with E-state index in [1.165, 1.54) is 17.3 Å². The lowest BCUT2D eigenvalue weighted by Crippen LogP contribution is -2.27. The molecule has 0 radical (unpaired) electrons. The molecule has 7 heteroatoms. The van der Waals surface area contributed by atoms with Crippen molar-refractivity contribution in [3.8, 4) is 5.69 Å². The van der Waals surface area contributed by atoms with Gasteiger partial charge in [-0.1, -0.05) is 0 Å². The molecule has 3 rings (SSSR count). The van der Waals surface area contributed by atoms with Gasteiger partial charge in [0.1, 0.15) is 5.82 Å². The third-order valence-corrected chi connectivity index (χ3v) is 3.70. The number of imidazole rings is 1. The molecule has 0 unspecified atom stereocenters. The van der Waals surface area contributed by atoms with Crippen LogP contribution in [0.5, 0.6) is 0 Å². The van der Waals surface area contributed by atoms with Crippen molar-refractivity contribution in [3.63, 3.8) is 0 Å². The molecule has 24 heavy (non-hydrogen) atoms. The van der Waals surface area contributed by atoms with Crippen LogP contribution in [0.15, 0.2) is 61.2 Å². The molecule has 0 bridgehead atoms. The van der Waals surface area contributed by atoms with Gasteiger partial charge in [-0.25, -0.2) is 4.98 Å². The van der Waals surface area contributed by atoms with Gasteiger partial charge < -0.3 is 9.47 Å².